The molecule has 0 aromatic rings. The summed E-state index contributed by atoms with van der Waals surface area (Å²) in [5, 5.41) is 19.7. The van der Waals surface area contributed by atoms with Crippen LogP contribution in [0.5, 0.6) is 0 Å². The van der Waals surface area contributed by atoms with E-state index < -0.39 is 40.3 Å². The summed E-state index contributed by atoms with van der Waals surface area (Å²) in [5.74, 6) is -0.954. The topological polar surface area (TPSA) is 81.1 Å². The van der Waals surface area contributed by atoms with Crippen LogP contribution in [0.2, 0.25) is 0 Å². The first kappa shape index (κ1) is 15.0. The normalized spacial score (nSPS) is 42.0. The average molecular weight is 328 g/mol. The van der Waals surface area contributed by atoms with E-state index in [1.165, 1.54) is 11.9 Å². The molecule has 2 aliphatic heterocycles. The molecule has 8 heteroatoms. The molecule has 21 heavy (non-hydrogen) atoms. The van der Waals surface area contributed by atoms with Crippen molar-refractivity contribution in [2.75, 3.05) is 13.7 Å². The number of hydrogen-bond donors (Lipinski definition) is 4. The number of allylic oxidation sites excluding steroid dienone is 2. The Kier molecular flexibility index (Phi) is 3.22. The predicted molar refractivity (Wildman–Crippen MR) is 81.8 cm³/mol. The summed E-state index contributed by atoms with van der Waals surface area (Å²) in [6.07, 6.45) is 4.38. The Balaban J connectivity index is 2.14. The van der Waals surface area contributed by atoms with E-state index in [1.54, 1.807) is 18.2 Å². The number of amides is 2. The molecule has 2 amide bonds. The van der Waals surface area contributed by atoms with Crippen LogP contribution in [0.1, 0.15) is 6.42 Å². The third-order valence-electron chi connectivity index (χ3n) is 4.43. The smallest absolute Gasteiger partial charge is 0.263 e. The molecule has 0 spiro atoms. The Hall–Kier alpha value is -0.960. The first-order valence-corrected chi connectivity index (χ1v) is 7.40. The van der Waals surface area contributed by atoms with Crippen LogP contribution >= 0.6 is 25.3 Å². The summed E-state index contributed by atoms with van der Waals surface area (Å²) in [6.45, 7) is -0.616. The summed E-state index contributed by atoms with van der Waals surface area (Å²) >= 11 is 8.67. The van der Waals surface area contributed by atoms with Crippen LogP contribution in [0.4, 0.5) is 0 Å². The lowest BCUT2D eigenvalue weighted by atomic mass is 9.97. The molecule has 2 fully saturated rings. The van der Waals surface area contributed by atoms with Crippen LogP contribution in [0.25, 0.3) is 0 Å². The van der Waals surface area contributed by atoms with E-state index in [-0.39, 0.29) is 6.42 Å². The molecule has 3 rings (SSSR count). The maximum atomic E-state index is 12.8. The molecule has 3 aliphatic rings. The number of carbonyl (C=O) groups excluding carboxylic acids is 2. The van der Waals surface area contributed by atoms with E-state index in [1.807, 2.05) is 0 Å². The highest BCUT2D eigenvalue weighted by molar-refractivity contribution is 7.83. The van der Waals surface area contributed by atoms with Gasteiger partial charge in [-0.05, 0) is 5.57 Å². The van der Waals surface area contributed by atoms with Crippen molar-refractivity contribution in [2.45, 2.75) is 28.3 Å². The molecule has 0 saturated carbocycles. The largest absolute Gasteiger partial charge is 0.392 e. The monoisotopic (exact) mass is 328 g/mol. The van der Waals surface area contributed by atoms with E-state index in [9.17, 15) is 19.8 Å². The van der Waals surface area contributed by atoms with Gasteiger partial charge in [-0.2, -0.15) is 0 Å². The minimum atomic E-state index is -1.64. The molecule has 2 saturated heterocycles. The van der Waals surface area contributed by atoms with Crippen LogP contribution in [0, 0.1) is 0 Å². The molecule has 114 valence electrons. The lowest BCUT2D eigenvalue weighted by Gasteiger charge is -2.51. The Morgan fingerprint density at radius 2 is 2.05 bits per heavy atom. The van der Waals surface area contributed by atoms with Gasteiger partial charge in [0, 0.05) is 13.5 Å². The number of rotatable bonds is 1. The van der Waals surface area contributed by atoms with Gasteiger partial charge in [-0.15, -0.1) is 25.3 Å². The highest BCUT2D eigenvalue weighted by Crippen LogP contribution is 2.49. The zero-order chi connectivity index (χ0) is 15.6. The summed E-state index contributed by atoms with van der Waals surface area (Å²) in [5.41, 5.74) is 0.769. The Labute approximate surface area is 132 Å². The number of aliphatic hydroxyl groups is 2. The van der Waals surface area contributed by atoms with E-state index in [0.717, 1.165) is 10.5 Å². The van der Waals surface area contributed by atoms with Crippen molar-refractivity contribution in [3.05, 3.63) is 23.8 Å². The first-order valence-electron chi connectivity index (χ1n) is 6.50. The van der Waals surface area contributed by atoms with Gasteiger partial charge in [0.25, 0.3) is 11.8 Å². The number of aliphatic hydroxyl groups excluding tert-OH is 2. The van der Waals surface area contributed by atoms with Crippen molar-refractivity contribution in [3.8, 4) is 0 Å². The van der Waals surface area contributed by atoms with Gasteiger partial charge in [0.2, 0.25) is 0 Å². The Bertz CT molecular complexity index is 593. The quantitative estimate of drug-likeness (QED) is 0.473. The zero-order valence-electron chi connectivity index (χ0n) is 11.3. The highest BCUT2D eigenvalue weighted by Gasteiger charge is 2.65. The fourth-order valence-corrected chi connectivity index (χ4v) is 3.96. The van der Waals surface area contributed by atoms with Crippen LogP contribution in [0.3, 0.4) is 0 Å². The fraction of sp³-hybridized carbons (Fsp3) is 0.538. The van der Waals surface area contributed by atoms with Gasteiger partial charge in [-0.3, -0.25) is 9.59 Å². The van der Waals surface area contributed by atoms with Crippen LogP contribution < -0.4 is 0 Å². The number of piperazine rings is 1. The maximum Gasteiger partial charge on any atom is 0.263 e. The molecule has 2 heterocycles. The lowest BCUT2D eigenvalue weighted by Crippen LogP contribution is -2.73. The molecular formula is C13H16N2O4S2. The number of likely N-dealkylation sites (N-methyl/N-ethyl adjacent to an activating group) is 1. The van der Waals surface area contributed by atoms with Crippen molar-refractivity contribution in [1.29, 1.82) is 0 Å². The molecule has 0 aromatic heterocycles. The van der Waals surface area contributed by atoms with Crippen molar-refractivity contribution in [1.82, 2.24) is 9.80 Å². The fourth-order valence-electron chi connectivity index (χ4n) is 3.22. The maximum absolute atomic E-state index is 12.8. The molecular weight excluding hydrogens is 312 g/mol. The van der Waals surface area contributed by atoms with Gasteiger partial charge in [0.1, 0.15) is 0 Å². The Morgan fingerprint density at radius 3 is 2.67 bits per heavy atom. The number of hydrogen-bond acceptors (Lipinski definition) is 6. The average Bonchev–Trinajstić information content (AvgIpc) is 2.78. The molecule has 6 nitrogen and oxygen atoms in total. The molecule has 0 bridgehead atoms. The number of thiol groups is 2. The number of carbonyl (C=O) groups is 2. The lowest BCUT2D eigenvalue weighted by molar-refractivity contribution is -0.167. The van der Waals surface area contributed by atoms with E-state index in [2.05, 4.69) is 25.3 Å². The van der Waals surface area contributed by atoms with Crippen LogP contribution in [-0.4, -0.2) is 67.4 Å². The second-order valence-electron chi connectivity index (χ2n) is 5.57. The summed E-state index contributed by atoms with van der Waals surface area (Å²) in [4.78, 5) is 24.9. The molecule has 0 radical (unpaired) electrons. The van der Waals surface area contributed by atoms with E-state index >= 15 is 0 Å². The SMILES string of the molecule is CN1C(=O)C2(S)CC3=CC=CC(O)C3N2C(=O)C1(S)CO. The van der Waals surface area contributed by atoms with Crippen molar-refractivity contribution < 1.29 is 19.8 Å². The van der Waals surface area contributed by atoms with Gasteiger partial charge in [-0.25, -0.2) is 0 Å². The summed E-state index contributed by atoms with van der Waals surface area (Å²) < 4.78 is 0. The highest BCUT2D eigenvalue weighted by atomic mass is 32.1. The van der Waals surface area contributed by atoms with E-state index in [4.69, 9.17) is 0 Å². The minimum Gasteiger partial charge on any atom is -0.392 e. The third kappa shape index (κ3) is 1.70. The Morgan fingerprint density at radius 1 is 1.38 bits per heavy atom. The number of nitrogens with zero attached hydrogens (tertiary/aromatic N) is 2. The second kappa shape index (κ2) is 4.52. The van der Waals surface area contributed by atoms with Gasteiger partial charge in [-0.1, -0.05) is 18.2 Å². The molecule has 2 N–H and O–H groups in total. The summed E-state index contributed by atoms with van der Waals surface area (Å²) in [7, 11) is 1.42. The van der Waals surface area contributed by atoms with Gasteiger partial charge >= 0.3 is 0 Å². The van der Waals surface area contributed by atoms with Crippen LogP contribution in [0.15, 0.2) is 23.8 Å². The predicted octanol–water partition coefficient (Wildman–Crippen LogP) is -0.839. The standard InChI is InChI=1S/C13H16N2O4S2/c1-14-10(18)12(20)5-7-3-2-4-8(17)9(7)15(12)11(19)13(14,21)6-16/h2-4,8-9,16-17,20-21H,5-6H2,1H3. The van der Waals surface area contributed by atoms with Crippen LogP contribution in [-0.2, 0) is 9.59 Å². The van der Waals surface area contributed by atoms with E-state index in [0.29, 0.717) is 0 Å². The van der Waals surface area contributed by atoms with Crippen molar-refractivity contribution in [3.63, 3.8) is 0 Å². The number of fused-ring (bicyclic) bond motifs is 3. The first-order chi connectivity index (χ1) is 9.77. The van der Waals surface area contributed by atoms with Crippen molar-refractivity contribution >= 4 is 37.1 Å². The second-order valence-corrected chi connectivity index (χ2v) is 7.05. The minimum absolute atomic E-state index is 0.242. The molecule has 4 atom stereocenters. The van der Waals surface area contributed by atoms with Gasteiger partial charge in [0.05, 0.1) is 18.8 Å². The summed E-state index contributed by atoms with van der Waals surface area (Å²) in [6, 6.07) is -0.643. The van der Waals surface area contributed by atoms with Gasteiger partial charge < -0.3 is 20.0 Å². The third-order valence-corrected chi connectivity index (χ3v) is 5.63. The molecule has 4 unspecified atom stereocenters. The van der Waals surface area contributed by atoms with Crippen molar-refractivity contribution in [2.24, 2.45) is 0 Å². The molecule has 1 aliphatic carbocycles. The molecule has 0 aromatic carbocycles. The zero-order valence-corrected chi connectivity index (χ0v) is 13.1. The van der Waals surface area contributed by atoms with Gasteiger partial charge in [0.15, 0.2) is 9.74 Å².